The maximum absolute atomic E-state index is 11.6. The highest BCUT2D eigenvalue weighted by Crippen LogP contribution is 2.18. The van der Waals surface area contributed by atoms with Gasteiger partial charge in [0.15, 0.2) is 0 Å². The minimum absolute atomic E-state index is 0.0751. The van der Waals surface area contributed by atoms with Crippen LogP contribution in [0.15, 0.2) is 6.20 Å². The van der Waals surface area contributed by atoms with Gasteiger partial charge in [-0.15, -0.1) is 5.10 Å². The van der Waals surface area contributed by atoms with Crippen molar-refractivity contribution in [3.05, 3.63) is 11.9 Å². The second-order valence-corrected chi connectivity index (χ2v) is 4.12. The molecule has 1 fully saturated rings. The lowest BCUT2D eigenvalue weighted by Crippen LogP contribution is -2.32. The molecule has 2 rings (SSSR count). The maximum atomic E-state index is 11.6. The molecule has 86 valence electrons. The van der Waals surface area contributed by atoms with E-state index in [0.717, 1.165) is 5.69 Å². The summed E-state index contributed by atoms with van der Waals surface area (Å²) in [7, 11) is 1.78. The third-order valence-electron chi connectivity index (χ3n) is 2.71. The normalized spacial score (nSPS) is 20.9. The van der Waals surface area contributed by atoms with E-state index in [0.29, 0.717) is 19.4 Å². The van der Waals surface area contributed by atoms with Crippen molar-refractivity contribution in [2.75, 3.05) is 6.54 Å². The molecular weight excluding hydrogens is 208 g/mol. The van der Waals surface area contributed by atoms with Gasteiger partial charge in [0.25, 0.3) is 0 Å². The summed E-state index contributed by atoms with van der Waals surface area (Å²) in [6.45, 7) is 2.18. The van der Waals surface area contributed by atoms with E-state index in [1.165, 1.54) is 4.90 Å². The zero-order chi connectivity index (χ0) is 11.7. The zero-order valence-corrected chi connectivity index (χ0v) is 9.38. The lowest BCUT2D eigenvalue weighted by atomic mass is 10.1. The largest absolute Gasteiger partial charge is 0.282 e. The molecule has 0 saturated carbocycles. The Hall–Kier alpha value is -1.72. The number of imide groups is 1. The highest BCUT2D eigenvalue weighted by Gasteiger charge is 2.34. The molecule has 1 aromatic heterocycles. The number of likely N-dealkylation sites (tertiary alicyclic amines) is 1. The number of amides is 2. The summed E-state index contributed by atoms with van der Waals surface area (Å²) in [5.74, 6) is -0.329. The van der Waals surface area contributed by atoms with Gasteiger partial charge >= 0.3 is 0 Å². The SMILES string of the molecule is CC1CC(=O)N(CCc2cn(C)nn2)C1=O. The number of aromatic nitrogens is 3. The Morgan fingerprint density at radius 1 is 1.50 bits per heavy atom. The van der Waals surface area contributed by atoms with Crippen molar-refractivity contribution in [2.45, 2.75) is 19.8 Å². The predicted molar refractivity (Wildman–Crippen MR) is 55.2 cm³/mol. The number of nitrogens with zero attached hydrogens (tertiary/aromatic N) is 4. The van der Waals surface area contributed by atoms with E-state index in [-0.39, 0.29) is 17.7 Å². The third kappa shape index (κ3) is 1.95. The van der Waals surface area contributed by atoms with Crippen LogP contribution in [0.2, 0.25) is 0 Å². The Morgan fingerprint density at radius 3 is 2.75 bits per heavy atom. The van der Waals surface area contributed by atoms with Crippen molar-refractivity contribution in [3.63, 3.8) is 0 Å². The summed E-state index contributed by atoms with van der Waals surface area (Å²) >= 11 is 0. The molecule has 6 nitrogen and oxygen atoms in total. The Kier molecular flexibility index (Phi) is 2.72. The highest BCUT2D eigenvalue weighted by atomic mass is 16.2. The Labute approximate surface area is 93.2 Å². The Bertz CT molecular complexity index is 426. The molecule has 1 unspecified atom stereocenters. The molecule has 2 heterocycles. The van der Waals surface area contributed by atoms with Gasteiger partial charge in [-0.25, -0.2) is 0 Å². The average Bonchev–Trinajstić information content (AvgIpc) is 2.72. The molecule has 1 aliphatic rings. The van der Waals surface area contributed by atoms with Crippen LogP contribution < -0.4 is 0 Å². The van der Waals surface area contributed by atoms with Crippen LogP contribution in [0.25, 0.3) is 0 Å². The van der Waals surface area contributed by atoms with Crippen LogP contribution in [0.3, 0.4) is 0 Å². The molecule has 0 aromatic carbocycles. The molecule has 0 N–H and O–H groups in total. The molecule has 1 atom stereocenters. The van der Waals surface area contributed by atoms with Crippen LogP contribution in [0.1, 0.15) is 19.0 Å². The smallest absolute Gasteiger partial charge is 0.232 e. The molecule has 0 aliphatic carbocycles. The van der Waals surface area contributed by atoms with Crippen LogP contribution in [-0.4, -0.2) is 38.3 Å². The summed E-state index contributed by atoms with van der Waals surface area (Å²) < 4.78 is 1.60. The van der Waals surface area contributed by atoms with Gasteiger partial charge in [0.2, 0.25) is 11.8 Å². The summed E-state index contributed by atoms with van der Waals surface area (Å²) in [4.78, 5) is 24.4. The highest BCUT2D eigenvalue weighted by molar-refractivity contribution is 6.03. The number of carbonyl (C=O) groups excluding carboxylic acids is 2. The fourth-order valence-electron chi connectivity index (χ4n) is 1.82. The summed E-state index contributed by atoms with van der Waals surface area (Å²) in [5.41, 5.74) is 0.794. The Morgan fingerprint density at radius 2 is 2.25 bits per heavy atom. The number of rotatable bonds is 3. The Balaban J connectivity index is 1.95. The van der Waals surface area contributed by atoms with Crippen LogP contribution >= 0.6 is 0 Å². The zero-order valence-electron chi connectivity index (χ0n) is 9.38. The lowest BCUT2D eigenvalue weighted by Gasteiger charge is -2.12. The molecular formula is C10H14N4O2. The monoisotopic (exact) mass is 222 g/mol. The molecule has 2 amide bonds. The number of aryl methyl sites for hydroxylation is 1. The number of hydrogen-bond acceptors (Lipinski definition) is 4. The molecule has 1 saturated heterocycles. The predicted octanol–water partition coefficient (Wildman–Crippen LogP) is -0.247. The minimum Gasteiger partial charge on any atom is -0.282 e. The molecule has 1 aromatic rings. The number of carbonyl (C=O) groups is 2. The molecule has 0 spiro atoms. The molecule has 0 bridgehead atoms. The minimum atomic E-state index is -0.172. The van der Waals surface area contributed by atoms with Gasteiger partial charge in [-0.3, -0.25) is 19.2 Å². The third-order valence-corrected chi connectivity index (χ3v) is 2.71. The van der Waals surface area contributed by atoms with Gasteiger partial charge in [0.1, 0.15) is 0 Å². The number of hydrogen-bond donors (Lipinski definition) is 0. The van der Waals surface area contributed by atoms with Crippen molar-refractivity contribution < 1.29 is 9.59 Å². The first-order valence-corrected chi connectivity index (χ1v) is 5.27. The van der Waals surface area contributed by atoms with Crippen molar-refractivity contribution in [3.8, 4) is 0 Å². The van der Waals surface area contributed by atoms with Gasteiger partial charge < -0.3 is 0 Å². The lowest BCUT2D eigenvalue weighted by molar-refractivity contribution is -0.139. The molecule has 0 radical (unpaired) electrons. The van der Waals surface area contributed by atoms with E-state index in [4.69, 9.17) is 0 Å². The molecule has 6 heteroatoms. The second-order valence-electron chi connectivity index (χ2n) is 4.12. The first kappa shape index (κ1) is 10.8. The topological polar surface area (TPSA) is 68.1 Å². The van der Waals surface area contributed by atoms with Crippen molar-refractivity contribution in [1.29, 1.82) is 0 Å². The van der Waals surface area contributed by atoms with Gasteiger partial charge in [-0.2, -0.15) is 0 Å². The van der Waals surface area contributed by atoms with Crippen molar-refractivity contribution >= 4 is 11.8 Å². The summed E-state index contributed by atoms with van der Waals surface area (Å²) in [6, 6.07) is 0. The quantitative estimate of drug-likeness (QED) is 0.661. The van der Waals surface area contributed by atoms with Gasteiger partial charge in [0, 0.05) is 38.5 Å². The van der Waals surface area contributed by atoms with Gasteiger partial charge in [-0.1, -0.05) is 12.1 Å². The van der Waals surface area contributed by atoms with Gasteiger partial charge in [0.05, 0.1) is 5.69 Å². The van der Waals surface area contributed by atoms with Crippen LogP contribution in [-0.2, 0) is 23.1 Å². The molecule has 1 aliphatic heterocycles. The van der Waals surface area contributed by atoms with Gasteiger partial charge in [-0.05, 0) is 0 Å². The summed E-state index contributed by atoms with van der Waals surface area (Å²) in [5, 5.41) is 7.70. The van der Waals surface area contributed by atoms with Crippen molar-refractivity contribution in [1.82, 2.24) is 19.9 Å². The van der Waals surface area contributed by atoms with E-state index < -0.39 is 0 Å². The fraction of sp³-hybridized carbons (Fsp3) is 0.600. The van der Waals surface area contributed by atoms with Crippen LogP contribution in [0, 0.1) is 5.92 Å². The maximum Gasteiger partial charge on any atom is 0.232 e. The van der Waals surface area contributed by atoms with Crippen LogP contribution in [0.4, 0.5) is 0 Å². The summed E-state index contributed by atoms with van der Waals surface area (Å²) in [6.07, 6.45) is 2.69. The fourth-order valence-corrected chi connectivity index (χ4v) is 1.82. The van der Waals surface area contributed by atoms with E-state index in [9.17, 15) is 9.59 Å². The van der Waals surface area contributed by atoms with E-state index in [1.54, 1.807) is 24.9 Å². The second kappa shape index (κ2) is 4.03. The average molecular weight is 222 g/mol. The standard InChI is InChI=1S/C10H14N4O2/c1-7-5-9(15)14(10(7)16)4-3-8-6-13(2)12-11-8/h6-7H,3-5H2,1-2H3. The first-order chi connectivity index (χ1) is 7.58. The first-order valence-electron chi connectivity index (χ1n) is 5.27. The van der Waals surface area contributed by atoms with E-state index >= 15 is 0 Å². The van der Waals surface area contributed by atoms with Crippen molar-refractivity contribution in [2.24, 2.45) is 13.0 Å². The van der Waals surface area contributed by atoms with E-state index in [2.05, 4.69) is 10.3 Å². The van der Waals surface area contributed by atoms with Crippen LogP contribution in [0.5, 0.6) is 0 Å². The molecule has 16 heavy (non-hydrogen) atoms. The van der Waals surface area contributed by atoms with E-state index in [1.807, 2.05) is 0 Å².